The summed E-state index contributed by atoms with van der Waals surface area (Å²) in [6.07, 6.45) is 0.0529. The molecule has 0 spiro atoms. The van der Waals surface area contributed by atoms with E-state index < -0.39 is 27.3 Å². The van der Waals surface area contributed by atoms with E-state index in [0.717, 1.165) is 0 Å². The molecule has 0 fully saturated rings. The second-order valence-corrected chi connectivity index (χ2v) is 8.48. The largest absolute Gasteiger partial charge is 0.479 e. The first-order chi connectivity index (χ1) is 12.7. The summed E-state index contributed by atoms with van der Waals surface area (Å²) in [5.74, 6) is -1.67. The lowest BCUT2D eigenvalue weighted by Crippen LogP contribution is -2.52. The fourth-order valence-electron chi connectivity index (χ4n) is 2.90. The lowest BCUT2D eigenvalue weighted by Gasteiger charge is -2.30. The average Bonchev–Trinajstić information content (AvgIpc) is 2.66. The molecule has 0 aliphatic heterocycles. The van der Waals surface area contributed by atoms with E-state index in [-0.39, 0.29) is 23.5 Å². The Balaban J connectivity index is 2.28. The molecule has 0 aromatic heterocycles. The molecule has 2 aromatic carbocycles. The summed E-state index contributed by atoms with van der Waals surface area (Å²) in [6, 6.07) is 14.7. The van der Waals surface area contributed by atoms with Crippen LogP contribution in [0.3, 0.4) is 0 Å². The van der Waals surface area contributed by atoms with E-state index in [4.69, 9.17) is 0 Å². The Labute approximate surface area is 159 Å². The van der Waals surface area contributed by atoms with Crippen molar-refractivity contribution in [2.45, 2.75) is 37.1 Å². The molecule has 1 amide bonds. The Morgan fingerprint density at radius 1 is 1.04 bits per heavy atom. The third kappa shape index (κ3) is 4.54. The molecule has 0 aliphatic rings. The topological polar surface area (TPSA) is 101 Å². The first kappa shape index (κ1) is 20.6. The van der Waals surface area contributed by atoms with Gasteiger partial charge in [-0.25, -0.2) is 13.2 Å². The summed E-state index contributed by atoms with van der Waals surface area (Å²) in [6.45, 7) is 3.24. The fraction of sp³-hybridized carbons (Fsp3) is 0.300. The highest BCUT2D eigenvalue weighted by atomic mass is 32.2. The summed E-state index contributed by atoms with van der Waals surface area (Å²) in [7, 11) is -3.38. The Morgan fingerprint density at radius 3 is 2.26 bits per heavy atom. The normalized spacial score (nSPS) is 13.6. The number of hydrogen-bond acceptors (Lipinski definition) is 4. The molecule has 0 heterocycles. The third-order valence-electron chi connectivity index (χ3n) is 4.52. The third-order valence-corrected chi connectivity index (χ3v) is 6.25. The van der Waals surface area contributed by atoms with Gasteiger partial charge in [-0.3, -0.25) is 4.79 Å². The van der Waals surface area contributed by atoms with E-state index in [1.807, 2.05) is 0 Å². The van der Waals surface area contributed by atoms with Gasteiger partial charge in [-0.1, -0.05) is 56.3 Å². The molecule has 0 saturated carbocycles. The van der Waals surface area contributed by atoms with E-state index >= 15 is 0 Å². The molecular formula is C20H23NO5S. The molecule has 2 rings (SSSR count). The first-order valence-corrected chi connectivity index (χ1v) is 10.3. The van der Waals surface area contributed by atoms with E-state index in [1.54, 1.807) is 56.3 Å². The van der Waals surface area contributed by atoms with Crippen molar-refractivity contribution in [2.24, 2.45) is 0 Å². The number of aliphatic carboxylic acids is 1. The van der Waals surface area contributed by atoms with Crippen LogP contribution in [-0.4, -0.2) is 31.2 Å². The summed E-state index contributed by atoms with van der Waals surface area (Å²) in [5, 5.41) is 12.4. The second kappa shape index (κ2) is 8.35. The van der Waals surface area contributed by atoms with Crippen LogP contribution in [-0.2, 0) is 31.4 Å². The van der Waals surface area contributed by atoms with Crippen LogP contribution in [0.4, 0.5) is 0 Å². The summed E-state index contributed by atoms with van der Waals surface area (Å²) < 4.78 is 24.0. The molecule has 0 saturated heterocycles. The van der Waals surface area contributed by atoms with Gasteiger partial charge in [-0.15, -0.1) is 0 Å². The maximum Gasteiger partial charge on any atom is 0.334 e. The van der Waals surface area contributed by atoms with Crippen molar-refractivity contribution >= 4 is 21.7 Å². The Hall–Kier alpha value is -2.67. The minimum absolute atomic E-state index is 0.0331. The lowest BCUT2D eigenvalue weighted by atomic mass is 9.87. The molecule has 27 heavy (non-hydrogen) atoms. The van der Waals surface area contributed by atoms with Crippen molar-refractivity contribution in [3.63, 3.8) is 0 Å². The number of carbonyl (C=O) groups is 2. The predicted molar refractivity (Wildman–Crippen MR) is 102 cm³/mol. The van der Waals surface area contributed by atoms with Crippen LogP contribution in [0.15, 0.2) is 59.5 Å². The molecule has 0 radical (unpaired) electrons. The van der Waals surface area contributed by atoms with Crippen molar-refractivity contribution < 1.29 is 23.1 Å². The van der Waals surface area contributed by atoms with Crippen molar-refractivity contribution in [1.29, 1.82) is 0 Å². The Kier molecular flexibility index (Phi) is 6.38. The Bertz CT molecular complexity index is 924. The summed E-state index contributed by atoms with van der Waals surface area (Å²) >= 11 is 0. The Morgan fingerprint density at radius 2 is 1.70 bits per heavy atom. The van der Waals surface area contributed by atoms with Gasteiger partial charge in [0.25, 0.3) is 0 Å². The van der Waals surface area contributed by atoms with E-state index in [2.05, 4.69) is 5.32 Å². The van der Waals surface area contributed by atoms with Gasteiger partial charge in [0.2, 0.25) is 5.91 Å². The van der Waals surface area contributed by atoms with Crippen molar-refractivity contribution in [1.82, 2.24) is 5.32 Å². The van der Waals surface area contributed by atoms with Gasteiger partial charge in [0.05, 0.1) is 17.1 Å². The number of rotatable bonds is 8. The highest BCUT2D eigenvalue weighted by Crippen LogP contribution is 2.26. The minimum atomic E-state index is -3.38. The smallest absolute Gasteiger partial charge is 0.334 e. The highest BCUT2D eigenvalue weighted by Gasteiger charge is 2.40. The van der Waals surface area contributed by atoms with Crippen LogP contribution in [0, 0.1) is 0 Å². The number of amides is 1. The molecule has 6 nitrogen and oxygen atoms in total. The zero-order valence-electron chi connectivity index (χ0n) is 15.3. The van der Waals surface area contributed by atoms with E-state index in [9.17, 15) is 23.1 Å². The SMILES string of the molecule is CCC(NC(=O)Cc1cccc(S(=O)(=O)CC)c1)(C(=O)O)c1ccccc1. The lowest BCUT2D eigenvalue weighted by molar-refractivity contribution is -0.148. The standard InChI is InChI=1S/C20H23NO5S/c1-3-20(19(23)24,16-10-6-5-7-11-16)21-18(22)14-15-9-8-12-17(13-15)27(25,26)4-2/h5-13H,3-4,14H2,1-2H3,(H,21,22)(H,23,24). The van der Waals surface area contributed by atoms with Crippen LogP contribution in [0.25, 0.3) is 0 Å². The van der Waals surface area contributed by atoms with E-state index in [0.29, 0.717) is 11.1 Å². The van der Waals surface area contributed by atoms with Gasteiger partial charge in [-0.05, 0) is 29.7 Å². The molecule has 2 aromatic rings. The predicted octanol–water partition coefficient (Wildman–Crippen LogP) is 2.53. The number of carboxylic acid groups (broad SMARTS) is 1. The van der Waals surface area contributed by atoms with Crippen LogP contribution in [0.1, 0.15) is 31.4 Å². The minimum Gasteiger partial charge on any atom is -0.479 e. The van der Waals surface area contributed by atoms with Crippen LogP contribution in [0.5, 0.6) is 0 Å². The molecule has 1 unspecified atom stereocenters. The molecule has 2 N–H and O–H groups in total. The zero-order valence-corrected chi connectivity index (χ0v) is 16.1. The second-order valence-electron chi connectivity index (χ2n) is 6.21. The van der Waals surface area contributed by atoms with E-state index in [1.165, 1.54) is 12.1 Å². The highest BCUT2D eigenvalue weighted by molar-refractivity contribution is 7.91. The number of sulfone groups is 1. The number of nitrogens with one attached hydrogen (secondary N) is 1. The monoisotopic (exact) mass is 389 g/mol. The van der Waals surface area contributed by atoms with Gasteiger partial charge in [-0.2, -0.15) is 0 Å². The average molecular weight is 389 g/mol. The van der Waals surface area contributed by atoms with Crippen molar-refractivity contribution in [3.05, 3.63) is 65.7 Å². The molecular weight excluding hydrogens is 366 g/mol. The van der Waals surface area contributed by atoms with Gasteiger partial charge < -0.3 is 10.4 Å². The van der Waals surface area contributed by atoms with Gasteiger partial charge in [0.15, 0.2) is 15.4 Å². The number of carboxylic acids is 1. The van der Waals surface area contributed by atoms with Gasteiger partial charge in [0, 0.05) is 0 Å². The van der Waals surface area contributed by atoms with Gasteiger partial charge >= 0.3 is 5.97 Å². The quantitative estimate of drug-likeness (QED) is 0.723. The molecule has 7 heteroatoms. The number of benzene rings is 2. The molecule has 0 bridgehead atoms. The van der Waals surface area contributed by atoms with Gasteiger partial charge in [0.1, 0.15) is 0 Å². The zero-order chi connectivity index (χ0) is 20.1. The van der Waals surface area contributed by atoms with Crippen LogP contribution >= 0.6 is 0 Å². The van der Waals surface area contributed by atoms with Crippen LogP contribution in [0.2, 0.25) is 0 Å². The maximum absolute atomic E-state index is 12.6. The summed E-state index contributed by atoms with van der Waals surface area (Å²) in [5.41, 5.74) is -0.549. The molecule has 1 atom stereocenters. The maximum atomic E-state index is 12.6. The fourth-order valence-corrected chi connectivity index (χ4v) is 3.85. The number of hydrogen-bond donors (Lipinski definition) is 2. The van der Waals surface area contributed by atoms with Crippen LogP contribution < -0.4 is 5.32 Å². The number of carbonyl (C=O) groups excluding carboxylic acids is 1. The first-order valence-electron chi connectivity index (χ1n) is 8.66. The summed E-state index contributed by atoms with van der Waals surface area (Å²) in [4.78, 5) is 24.7. The van der Waals surface area contributed by atoms with Crippen molar-refractivity contribution in [2.75, 3.05) is 5.75 Å². The molecule has 0 aliphatic carbocycles. The molecule has 144 valence electrons. The van der Waals surface area contributed by atoms with Crippen molar-refractivity contribution in [3.8, 4) is 0 Å².